The van der Waals surface area contributed by atoms with Crippen LogP contribution in [0.15, 0.2) is 18.2 Å². The molecule has 1 heterocycles. The van der Waals surface area contributed by atoms with Crippen LogP contribution in [0.2, 0.25) is 0 Å². The molecule has 3 nitrogen and oxygen atoms in total. The average molecular weight is 207 g/mol. The van der Waals surface area contributed by atoms with E-state index in [-0.39, 0.29) is 0 Å². The van der Waals surface area contributed by atoms with Crippen molar-refractivity contribution in [2.45, 2.75) is 18.8 Å². The van der Waals surface area contributed by atoms with Gasteiger partial charge in [0.15, 0.2) is 0 Å². The molecule has 0 bridgehead atoms. The first-order chi connectivity index (χ1) is 7.31. The van der Waals surface area contributed by atoms with E-state index in [1.807, 2.05) is 12.1 Å². The maximum absolute atomic E-state index is 6.01. The van der Waals surface area contributed by atoms with Gasteiger partial charge in [-0.2, -0.15) is 0 Å². The fraction of sp³-hybridized carbons (Fsp3) is 0.500. The van der Waals surface area contributed by atoms with Gasteiger partial charge >= 0.3 is 0 Å². The molecule has 1 fully saturated rings. The average Bonchev–Trinajstić information content (AvgIpc) is 2.30. The van der Waals surface area contributed by atoms with Gasteiger partial charge < -0.3 is 15.2 Å². The molecule has 0 amide bonds. The van der Waals surface area contributed by atoms with Crippen molar-refractivity contribution in [3.63, 3.8) is 0 Å². The largest absolute Gasteiger partial charge is 0.497 e. The van der Waals surface area contributed by atoms with Crippen LogP contribution in [-0.2, 0) is 4.74 Å². The van der Waals surface area contributed by atoms with Crippen molar-refractivity contribution in [1.82, 2.24) is 0 Å². The van der Waals surface area contributed by atoms with Crippen molar-refractivity contribution in [1.29, 1.82) is 0 Å². The third-order valence-corrected chi connectivity index (χ3v) is 2.96. The van der Waals surface area contributed by atoms with Crippen molar-refractivity contribution >= 4 is 5.69 Å². The molecule has 1 aromatic rings. The number of rotatable bonds is 2. The molecule has 3 heteroatoms. The second kappa shape index (κ2) is 4.53. The Hall–Kier alpha value is -1.22. The Morgan fingerprint density at radius 2 is 2.07 bits per heavy atom. The van der Waals surface area contributed by atoms with E-state index < -0.39 is 0 Å². The Morgan fingerprint density at radius 1 is 1.33 bits per heavy atom. The number of benzene rings is 1. The quantitative estimate of drug-likeness (QED) is 0.756. The van der Waals surface area contributed by atoms with E-state index in [0.717, 1.165) is 37.5 Å². The van der Waals surface area contributed by atoms with Crippen LogP contribution in [0, 0.1) is 0 Å². The number of hydrogen-bond acceptors (Lipinski definition) is 3. The number of methoxy groups -OCH3 is 1. The molecular formula is C12H17NO2. The number of nitrogen functional groups attached to an aromatic ring is 1. The summed E-state index contributed by atoms with van der Waals surface area (Å²) in [6.07, 6.45) is 2.13. The molecule has 0 aliphatic carbocycles. The maximum Gasteiger partial charge on any atom is 0.120 e. The topological polar surface area (TPSA) is 44.5 Å². The first-order valence-electron chi connectivity index (χ1n) is 5.32. The number of anilines is 1. The molecule has 15 heavy (non-hydrogen) atoms. The van der Waals surface area contributed by atoms with E-state index in [1.165, 1.54) is 5.56 Å². The zero-order valence-corrected chi connectivity index (χ0v) is 9.03. The van der Waals surface area contributed by atoms with Crippen LogP contribution < -0.4 is 10.5 Å². The van der Waals surface area contributed by atoms with Crippen molar-refractivity contribution in [2.24, 2.45) is 0 Å². The van der Waals surface area contributed by atoms with E-state index in [2.05, 4.69) is 6.07 Å². The Bertz CT molecular complexity index is 332. The summed E-state index contributed by atoms with van der Waals surface area (Å²) in [6.45, 7) is 1.69. The zero-order valence-electron chi connectivity index (χ0n) is 9.03. The first kappa shape index (κ1) is 10.3. The summed E-state index contributed by atoms with van der Waals surface area (Å²) in [7, 11) is 1.66. The molecule has 0 aromatic heterocycles. The van der Waals surface area contributed by atoms with Gasteiger partial charge in [0.25, 0.3) is 0 Å². The predicted molar refractivity (Wildman–Crippen MR) is 60.2 cm³/mol. The minimum atomic E-state index is 0.546. The maximum atomic E-state index is 6.01. The van der Waals surface area contributed by atoms with Crippen molar-refractivity contribution < 1.29 is 9.47 Å². The molecule has 2 N–H and O–H groups in total. The van der Waals surface area contributed by atoms with Gasteiger partial charge in [0.1, 0.15) is 5.75 Å². The highest BCUT2D eigenvalue weighted by Crippen LogP contribution is 2.32. The summed E-state index contributed by atoms with van der Waals surface area (Å²) < 4.78 is 10.5. The van der Waals surface area contributed by atoms with Gasteiger partial charge in [0, 0.05) is 25.0 Å². The molecule has 1 aliphatic rings. The van der Waals surface area contributed by atoms with Crippen LogP contribution in [0.5, 0.6) is 5.75 Å². The lowest BCUT2D eigenvalue weighted by Crippen LogP contribution is -2.15. The predicted octanol–water partition coefficient (Wildman–Crippen LogP) is 2.17. The van der Waals surface area contributed by atoms with Gasteiger partial charge in [-0.1, -0.05) is 6.07 Å². The molecule has 2 rings (SSSR count). The summed E-state index contributed by atoms with van der Waals surface area (Å²) in [5.41, 5.74) is 8.08. The van der Waals surface area contributed by atoms with Crippen molar-refractivity contribution in [2.75, 3.05) is 26.1 Å². The van der Waals surface area contributed by atoms with E-state index in [9.17, 15) is 0 Å². The minimum absolute atomic E-state index is 0.546. The molecule has 1 saturated heterocycles. The summed E-state index contributed by atoms with van der Waals surface area (Å²) in [5, 5.41) is 0. The molecular weight excluding hydrogens is 190 g/mol. The Labute approximate surface area is 90.2 Å². The smallest absolute Gasteiger partial charge is 0.120 e. The number of nitrogens with two attached hydrogens (primary N) is 1. The SMILES string of the molecule is COc1ccc(C2CCOCC2)c(N)c1. The van der Waals surface area contributed by atoms with Crippen molar-refractivity contribution in [3.8, 4) is 5.75 Å². The Kier molecular flexibility index (Phi) is 3.11. The van der Waals surface area contributed by atoms with Crippen LogP contribution >= 0.6 is 0 Å². The molecule has 1 aromatic carbocycles. The molecule has 0 spiro atoms. The van der Waals surface area contributed by atoms with Crippen LogP contribution in [0.3, 0.4) is 0 Å². The minimum Gasteiger partial charge on any atom is -0.497 e. The Morgan fingerprint density at radius 3 is 2.67 bits per heavy atom. The molecule has 0 unspecified atom stereocenters. The van der Waals surface area contributed by atoms with Gasteiger partial charge in [-0.3, -0.25) is 0 Å². The molecule has 1 aliphatic heterocycles. The third kappa shape index (κ3) is 2.23. The molecule has 0 atom stereocenters. The molecule has 82 valence electrons. The van der Waals surface area contributed by atoms with E-state index in [0.29, 0.717) is 5.92 Å². The lowest BCUT2D eigenvalue weighted by molar-refractivity contribution is 0.0854. The number of ether oxygens (including phenoxy) is 2. The van der Waals surface area contributed by atoms with Crippen LogP contribution in [0.1, 0.15) is 24.3 Å². The van der Waals surface area contributed by atoms with Crippen molar-refractivity contribution in [3.05, 3.63) is 23.8 Å². The van der Waals surface area contributed by atoms with Crippen LogP contribution in [0.4, 0.5) is 5.69 Å². The second-order valence-electron chi connectivity index (χ2n) is 3.88. The van der Waals surface area contributed by atoms with Gasteiger partial charge in [0.2, 0.25) is 0 Å². The fourth-order valence-corrected chi connectivity index (χ4v) is 2.06. The highest BCUT2D eigenvalue weighted by atomic mass is 16.5. The van der Waals surface area contributed by atoms with Crippen LogP contribution in [-0.4, -0.2) is 20.3 Å². The standard InChI is InChI=1S/C12H17NO2/c1-14-10-2-3-11(12(13)8-10)9-4-6-15-7-5-9/h2-3,8-9H,4-7,13H2,1H3. The number of hydrogen-bond donors (Lipinski definition) is 1. The van der Waals surface area contributed by atoms with Crippen LogP contribution in [0.25, 0.3) is 0 Å². The summed E-state index contributed by atoms with van der Waals surface area (Å²) in [4.78, 5) is 0. The van der Waals surface area contributed by atoms with E-state index in [1.54, 1.807) is 7.11 Å². The zero-order chi connectivity index (χ0) is 10.7. The summed E-state index contributed by atoms with van der Waals surface area (Å²) >= 11 is 0. The Balaban J connectivity index is 2.19. The second-order valence-corrected chi connectivity index (χ2v) is 3.88. The summed E-state index contributed by atoms with van der Waals surface area (Å²) in [6, 6.07) is 5.94. The molecule has 0 saturated carbocycles. The highest BCUT2D eigenvalue weighted by Gasteiger charge is 2.18. The van der Waals surface area contributed by atoms with Gasteiger partial charge in [-0.05, 0) is 30.4 Å². The monoisotopic (exact) mass is 207 g/mol. The van der Waals surface area contributed by atoms with Gasteiger partial charge in [0.05, 0.1) is 7.11 Å². The fourth-order valence-electron chi connectivity index (χ4n) is 2.06. The van der Waals surface area contributed by atoms with Gasteiger partial charge in [-0.25, -0.2) is 0 Å². The highest BCUT2D eigenvalue weighted by molar-refractivity contribution is 5.53. The third-order valence-electron chi connectivity index (χ3n) is 2.96. The normalized spacial score (nSPS) is 17.7. The summed E-state index contributed by atoms with van der Waals surface area (Å²) in [5.74, 6) is 1.37. The molecule has 0 radical (unpaired) electrons. The lowest BCUT2D eigenvalue weighted by Gasteiger charge is -2.23. The first-order valence-corrected chi connectivity index (χ1v) is 5.32. The van der Waals surface area contributed by atoms with E-state index in [4.69, 9.17) is 15.2 Å². The lowest BCUT2D eigenvalue weighted by atomic mass is 9.90. The van der Waals surface area contributed by atoms with Gasteiger partial charge in [-0.15, -0.1) is 0 Å². The van der Waals surface area contributed by atoms with E-state index >= 15 is 0 Å².